The molecular formula is C14H26N4O6S. The zero-order valence-electron chi connectivity index (χ0n) is 14.4. The molecule has 25 heavy (non-hydrogen) atoms. The van der Waals surface area contributed by atoms with Crippen molar-refractivity contribution in [1.82, 2.24) is 16.0 Å². The van der Waals surface area contributed by atoms with Crippen molar-refractivity contribution in [2.24, 2.45) is 5.73 Å². The first kappa shape index (κ1) is 23.1. The minimum atomic E-state index is -1.36. The van der Waals surface area contributed by atoms with Gasteiger partial charge in [0.2, 0.25) is 17.7 Å². The molecule has 4 unspecified atom stereocenters. The van der Waals surface area contributed by atoms with E-state index in [-0.39, 0.29) is 13.0 Å². The van der Waals surface area contributed by atoms with Crippen LogP contribution in [-0.4, -0.2) is 76.7 Å². The number of amides is 3. The van der Waals surface area contributed by atoms with Crippen molar-refractivity contribution in [2.45, 2.75) is 44.5 Å². The van der Waals surface area contributed by atoms with Crippen LogP contribution >= 0.6 is 11.8 Å². The molecule has 3 amide bonds. The summed E-state index contributed by atoms with van der Waals surface area (Å²) in [4.78, 5) is 46.6. The lowest BCUT2D eigenvalue weighted by Gasteiger charge is -2.24. The van der Waals surface area contributed by atoms with E-state index in [2.05, 4.69) is 16.0 Å². The first-order valence-corrected chi connectivity index (χ1v) is 9.03. The maximum atomic E-state index is 12.2. The highest BCUT2D eigenvalue weighted by atomic mass is 32.2. The molecule has 0 aromatic rings. The molecule has 0 aliphatic carbocycles. The van der Waals surface area contributed by atoms with Gasteiger partial charge in [-0.15, -0.1) is 0 Å². The van der Waals surface area contributed by atoms with Crippen LogP contribution in [-0.2, 0) is 19.2 Å². The maximum absolute atomic E-state index is 12.2. The van der Waals surface area contributed by atoms with Gasteiger partial charge < -0.3 is 31.9 Å². The van der Waals surface area contributed by atoms with E-state index in [0.29, 0.717) is 5.75 Å². The van der Waals surface area contributed by atoms with Gasteiger partial charge in [0.1, 0.15) is 18.1 Å². The molecule has 0 radical (unpaired) electrons. The van der Waals surface area contributed by atoms with Crippen LogP contribution in [0.2, 0.25) is 0 Å². The fourth-order valence-corrected chi connectivity index (χ4v) is 2.28. The number of nitrogens with two attached hydrogens (primary N) is 1. The molecule has 0 saturated heterocycles. The normalized spacial score (nSPS) is 15.4. The topological polar surface area (TPSA) is 171 Å². The standard InChI is InChI=1S/C14H26N4O6S/c1-7(16-10(20)6-15)12(21)18-11(8(2)19)13(22)17-9(14(23)24)4-5-25-3/h7-9,11,19H,4-6,15H2,1-3H3,(H,16,20)(H,17,22)(H,18,21)(H,23,24). The van der Waals surface area contributed by atoms with E-state index in [1.54, 1.807) is 6.26 Å². The molecule has 0 saturated carbocycles. The van der Waals surface area contributed by atoms with Crippen LogP contribution in [0, 0.1) is 0 Å². The van der Waals surface area contributed by atoms with E-state index in [1.165, 1.54) is 25.6 Å². The SMILES string of the molecule is CSCCC(NC(=O)C(NC(=O)C(C)NC(=O)CN)C(C)O)C(=O)O. The number of nitrogens with one attached hydrogen (secondary N) is 3. The van der Waals surface area contributed by atoms with Crippen molar-refractivity contribution in [1.29, 1.82) is 0 Å². The summed E-state index contributed by atoms with van der Waals surface area (Å²) in [6, 6.07) is -3.47. The fraction of sp³-hybridized carbons (Fsp3) is 0.714. The number of carbonyl (C=O) groups excluding carboxylic acids is 3. The van der Waals surface area contributed by atoms with E-state index in [0.717, 1.165) is 0 Å². The summed E-state index contributed by atoms with van der Waals surface area (Å²) >= 11 is 1.43. The average molecular weight is 378 g/mol. The highest BCUT2D eigenvalue weighted by Gasteiger charge is 2.30. The summed E-state index contributed by atoms with van der Waals surface area (Å²) in [5, 5.41) is 25.8. The number of thioether (sulfide) groups is 1. The third-order valence-corrected chi connectivity index (χ3v) is 3.89. The molecule has 0 bridgehead atoms. The maximum Gasteiger partial charge on any atom is 0.326 e. The van der Waals surface area contributed by atoms with Gasteiger partial charge in [0.05, 0.1) is 12.6 Å². The number of hydrogen-bond acceptors (Lipinski definition) is 7. The number of carbonyl (C=O) groups is 4. The van der Waals surface area contributed by atoms with Gasteiger partial charge >= 0.3 is 5.97 Å². The molecular weight excluding hydrogens is 352 g/mol. The molecule has 7 N–H and O–H groups in total. The van der Waals surface area contributed by atoms with E-state index < -0.39 is 47.9 Å². The van der Waals surface area contributed by atoms with Crippen LogP contribution in [0.4, 0.5) is 0 Å². The van der Waals surface area contributed by atoms with Crippen LogP contribution in [0.3, 0.4) is 0 Å². The van der Waals surface area contributed by atoms with Crippen molar-refractivity contribution < 1.29 is 29.4 Å². The molecule has 10 nitrogen and oxygen atoms in total. The Labute approximate surface area is 150 Å². The van der Waals surface area contributed by atoms with Crippen molar-refractivity contribution in [3.05, 3.63) is 0 Å². The number of aliphatic hydroxyl groups excluding tert-OH is 1. The third-order valence-electron chi connectivity index (χ3n) is 3.24. The van der Waals surface area contributed by atoms with Gasteiger partial charge in [-0.1, -0.05) is 0 Å². The quantitative estimate of drug-likeness (QED) is 0.232. The highest BCUT2D eigenvalue weighted by molar-refractivity contribution is 7.98. The molecule has 0 heterocycles. The van der Waals surface area contributed by atoms with Crippen molar-refractivity contribution >= 4 is 35.5 Å². The Morgan fingerprint density at radius 1 is 1.08 bits per heavy atom. The molecule has 0 aromatic carbocycles. The van der Waals surface area contributed by atoms with E-state index in [1.807, 2.05) is 0 Å². The first-order chi connectivity index (χ1) is 11.6. The molecule has 0 aliphatic heterocycles. The molecule has 0 fully saturated rings. The van der Waals surface area contributed by atoms with E-state index >= 15 is 0 Å². The summed E-state index contributed by atoms with van der Waals surface area (Å²) < 4.78 is 0. The number of hydrogen-bond donors (Lipinski definition) is 6. The zero-order chi connectivity index (χ0) is 19.6. The lowest BCUT2D eigenvalue weighted by Crippen LogP contribution is -2.58. The largest absolute Gasteiger partial charge is 0.480 e. The van der Waals surface area contributed by atoms with Gasteiger partial charge in [0, 0.05) is 0 Å². The van der Waals surface area contributed by atoms with Crippen LogP contribution in [0.5, 0.6) is 0 Å². The van der Waals surface area contributed by atoms with Crippen LogP contribution in [0.25, 0.3) is 0 Å². The van der Waals surface area contributed by atoms with Crippen molar-refractivity contribution in [3.63, 3.8) is 0 Å². The summed E-state index contributed by atoms with van der Waals surface area (Å²) in [5.41, 5.74) is 5.14. The van der Waals surface area contributed by atoms with Crippen LogP contribution < -0.4 is 21.7 Å². The molecule has 0 aliphatic rings. The fourth-order valence-electron chi connectivity index (χ4n) is 1.80. The molecule has 144 valence electrons. The number of carboxylic acids is 1. The predicted molar refractivity (Wildman–Crippen MR) is 92.8 cm³/mol. The lowest BCUT2D eigenvalue weighted by molar-refractivity contribution is -0.143. The second-order valence-electron chi connectivity index (χ2n) is 5.40. The Hall–Kier alpha value is -1.85. The minimum Gasteiger partial charge on any atom is -0.480 e. The van der Waals surface area contributed by atoms with Crippen LogP contribution in [0.1, 0.15) is 20.3 Å². The van der Waals surface area contributed by atoms with Gasteiger partial charge in [-0.05, 0) is 32.3 Å². The summed E-state index contributed by atoms with van der Waals surface area (Å²) in [7, 11) is 0. The third kappa shape index (κ3) is 8.70. The zero-order valence-corrected chi connectivity index (χ0v) is 15.3. The molecule has 11 heteroatoms. The number of aliphatic hydroxyl groups is 1. The van der Waals surface area contributed by atoms with Gasteiger partial charge in [-0.3, -0.25) is 14.4 Å². The minimum absolute atomic E-state index is 0.200. The molecule has 0 aromatic heterocycles. The van der Waals surface area contributed by atoms with Gasteiger partial charge in [0.15, 0.2) is 0 Å². The summed E-state index contributed by atoms with van der Waals surface area (Å²) in [5.74, 6) is -2.77. The second kappa shape index (κ2) is 11.7. The van der Waals surface area contributed by atoms with E-state index in [4.69, 9.17) is 10.8 Å². The Morgan fingerprint density at radius 2 is 1.68 bits per heavy atom. The van der Waals surface area contributed by atoms with Gasteiger partial charge in [0.25, 0.3) is 0 Å². The van der Waals surface area contributed by atoms with E-state index in [9.17, 15) is 24.3 Å². The summed E-state index contributed by atoms with van der Waals surface area (Å²) in [6.07, 6.45) is 0.735. The van der Waals surface area contributed by atoms with Crippen molar-refractivity contribution in [3.8, 4) is 0 Å². The average Bonchev–Trinajstić information content (AvgIpc) is 2.54. The van der Waals surface area contributed by atoms with Crippen molar-refractivity contribution in [2.75, 3.05) is 18.6 Å². The molecule has 0 spiro atoms. The molecule has 0 rings (SSSR count). The van der Waals surface area contributed by atoms with Crippen LogP contribution in [0.15, 0.2) is 0 Å². The molecule has 4 atom stereocenters. The Kier molecular flexibility index (Phi) is 10.8. The van der Waals surface area contributed by atoms with Gasteiger partial charge in [-0.25, -0.2) is 4.79 Å². The Balaban J connectivity index is 4.91. The number of rotatable bonds is 11. The Morgan fingerprint density at radius 3 is 2.12 bits per heavy atom. The highest BCUT2D eigenvalue weighted by Crippen LogP contribution is 2.03. The monoisotopic (exact) mass is 378 g/mol. The number of carboxylic acid groups (broad SMARTS) is 1. The predicted octanol–water partition coefficient (Wildman–Crippen LogP) is -2.36. The van der Waals surface area contributed by atoms with Gasteiger partial charge in [-0.2, -0.15) is 11.8 Å². The second-order valence-corrected chi connectivity index (χ2v) is 6.39. The Bertz CT molecular complexity index is 488. The number of aliphatic carboxylic acids is 1. The lowest BCUT2D eigenvalue weighted by atomic mass is 10.1. The smallest absolute Gasteiger partial charge is 0.326 e. The summed E-state index contributed by atoms with van der Waals surface area (Å²) in [6.45, 7) is 2.37. The first-order valence-electron chi connectivity index (χ1n) is 7.64.